The molecule has 28 heavy (non-hydrogen) atoms. The van der Waals surface area contributed by atoms with Gasteiger partial charge in [0.2, 0.25) is 5.91 Å². The molecule has 0 radical (unpaired) electrons. The molecule has 1 saturated heterocycles. The van der Waals surface area contributed by atoms with Crippen LogP contribution in [0.15, 0.2) is 48.5 Å². The van der Waals surface area contributed by atoms with Crippen LogP contribution in [0.3, 0.4) is 0 Å². The van der Waals surface area contributed by atoms with Gasteiger partial charge in [-0.3, -0.25) is 9.59 Å². The molecule has 0 atom stereocenters. The summed E-state index contributed by atoms with van der Waals surface area (Å²) in [6, 6.07) is 16.1. The topological polar surface area (TPSA) is 62.6 Å². The summed E-state index contributed by atoms with van der Waals surface area (Å²) in [4.78, 5) is 25.9. The third-order valence-corrected chi connectivity index (χ3v) is 5.33. The molecule has 3 rings (SSSR count). The third kappa shape index (κ3) is 5.92. The van der Waals surface area contributed by atoms with E-state index in [0.717, 1.165) is 42.7 Å². The molecule has 148 valence electrons. The predicted octanol–water partition coefficient (Wildman–Crippen LogP) is 1.65. The molecule has 1 fully saturated rings. The first-order valence-corrected chi connectivity index (χ1v) is 10.0. The van der Waals surface area contributed by atoms with Gasteiger partial charge in [0.25, 0.3) is 5.91 Å². The van der Waals surface area contributed by atoms with Crippen molar-refractivity contribution in [3.63, 3.8) is 0 Å². The van der Waals surface area contributed by atoms with Crippen LogP contribution in [0, 0.1) is 13.8 Å². The van der Waals surface area contributed by atoms with E-state index in [4.69, 9.17) is 0 Å². The first-order valence-electron chi connectivity index (χ1n) is 10.0. The zero-order valence-corrected chi connectivity index (χ0v) is 16.8. The fourth-order valence-corrected chi connectivity index (χ4v) is 3.78. The normalized spacial score (nSPS) is 19.1. The maximum absolute atomic E-state index is 12.4. The highest BCUT2D eigenvalue weighted by molar-refractivity contribution is 5.92. The van der Waals surface area contributed by atoms with Crippen LogP contribution in [0.25, 0.3) is 0 Å². The molecule has 1 aliphatic rings. The van der Waals surface area contributed by atoms with Crippen LogP contribution >= 0.6 is 0 Å². The number of rotatable bonds is 6. The number of nitrogens with one attached hydrogen (secondary N) is 3. The Bertz CT molecular complexity index is 812. The number of aryl methyl sites for hydroxylation is 2. The van der Waals surface area contributed by atoms with E-state index in [9.17, 15) is 9.59 Å². The first-order chi connectivity index (χ1) is 13.5. The van der Waals surface area contributed by atoms with Gasteiger partial charge in [-0.2, -0.15) is 0 Å². The minimum Gasteiger partial charge on any atom is -0.353 e. The van der Waals surface area contributed by atoms with Gasteiger partial charge in [-0.25, -0.2) is 0 Å². The van der Waals surface area contributed by atoms with Crippen LogP contribution in [0.5, 0.6) is 0 Å². The maximum atomic E-state index is 12.4. The highest BCUT2D eigenvalue weighted by Crippen LogP contribution is 2.15. The summed E-state index contributed by atoms with van der Waals surface area (Å²) in [5, 5.41) is 6.17. The molecule has 2 amide bonds. The summed E-state index contributed by atoms with van der Waals surface area (Å²) >= 11 is 0. The van der Waals surface area contributed by atoms with E-state index in [0.29, 0.717) is 13.0 Å². The Morgan fingerprint density at radius 1 is 1.00 bits per heavy atom. The number of carbonyl (C=O) groups is 2. The average Bonchev–Trinajstić information content (AvgIpc) is 2.66. The van der Waals surface area contributed by atoms with Gasteiger partial charge >= 0.3 is 0 Å². The fourth-order valence-electron chi connectivity index (χ4n) is 3.78. The smallest absolute Gasteiger partial charge is 0.279 e. The second kappa shape index (κ2) is 9.51. The van der Waals surface area contributed by atoms with E-state index in [1.54, 1.807) is 0 Å². The van der Waals surface area contributed by atoms with Crippen LogP contribution in [0.2, 0.25) is 0 Å². The van der Waals surface area contributed by atoms with E-state index in [2.05, 4.69) is 16.7 Å². The standard InChI is InChI=1S/C23H29N3O2/c1-17-8-9-21(18(2)14-17)25-23(28)16-26-12-10-20(11-13-26)24-22(27)15-19-6-4-3-5-7-19/h3-9,14,20H,10-13,15-16H2,1-2H3,(H,24,27)(H,25,28)/p+1. The molecule has 2 aromatic carbocycles. The van der Waals surface area contributed by atoms with Crippen molar-refractivity contribution >= 4 is 17.5 Å². The number of hydrogen-bond acceptors (Lipinski definition) is 2. The lowest BCUT2D eigenvalue weighted by molar-refractivity contribution is -0.897. The summed E-state index contributed by atoms with van der Waals surface area (Å²) in [6.07, 6.45) is 2.24. The van der Waals surface area contributed by atoms with Crippen LogP contribution < -0.4 is 15.5 Å². The van der Waals surface area contributed by atoms with Crippen molar-refractivity contribution in [3.05, 3.63) is 65.2 Å². The van der Waals surface area contributed by atoms with Crippen LogP contribution in [-0.4, -0.2) is 37.5 Å². The molecule has 0 saturated carbocycles. The Labute approximate surface area is 167 Å². The monoisotopic (exact) mass is 380 g/mol. The van der Waals surface area contributed by atoms with Crippen LogP contribution in [0.4, 0.5) is 5.69 Å². The largest absolute Gasteiger partial charge is 0.353 e. The minimum absolute atomic E-state index is 0.0496. The number of likely N-dealkylation sites (tertiary alicyclic amines) is 1. The minimum atomic E-state index is 0.0496. The van der Waals surface area contributed by atoms with E-state index < -0.39 is 0 Å². The highest BCUT2D eigenvalue weighted by atomic mass is 16.2. The molecule has 0 aliphatic carbocycles. The Kier molecular flexibility index (Phi) is 6.82. The van der Waals surface area contributed by atoms with Gasteiger partial charge in [-0.05, 0) is 31.0 Å². The van der Waals surface area contributed by atoms with Crippen molar-refractivity contribution in [2.24, 2.45) is 0 Å². The lowest BCUT2D eigenvalue weighted by Crippen LogP contribution is -3.14. The molecule has 0 unspecified atom stereocenters. The van der Waals surface area contributed by atoms with Crippen molar-refractivity contribution < 1.29 is 14.5 Å². The molecule has 2 aromatic rings. The molecule has 5 nitrogen and oxygen atoms in total. The van der Waals surface area contributed by atoms with Crippen molar-refractivity contribution in [2.45, 2.75) is 39.2 Å². The first kappa shape index (κ1) is 20.1. The van der Waals surface area contributed by atoms with E-state index in [-0.39, 0.29) is 17.9 Å². The summed E-state index contributed by atoms with van der Waals surface area (Å²) in [7, 11) is 0. The molecular formula is C23H30N3O2+. The highest BCUT2D eigenvalue weighted by Gasteiger charge is 2.25. The molecule has 5 heteroatoms. The Hall–Kier alpha value is -2.66. The molecule has 0 aromatic heterocycles. The Morgan fingerprint density at radius 3 is 2.39 bits per heavy atom. The SMILES string of the molecule is Cc1ccc(NC(=O)C[NH+]2CCC(NC(=O)Cc3ccccc3)CC2)c(C)c1. The molecule has 0 spiro atoms. The number of benzene rings is 2. The van der Waals surface area contributed by atoms with E-state index in [1.807, 2.05) is 56.3 Å². The van der Waals surface area contributed by atoms with Crippen molar-refractivity contribution in [2.75, 3.05) is 25.0 Å². The van der Waals surface area contributed by atoms with Gasteiger partial charge in [0.1, 0.15) is 0 Å². The average molecular weight is 381 g/mol. The van der Waals surface area contributed by atoms with Gasteiger partial charge in [0, 0.05) is 24.6 Å². The Morgan fingerprint density at radius 2 is 1.71 bits per heavy atom. The number of hydrogen-bond donors (Lipinski definition) is 3. The Balaban J connectivity index is 1.40. The number of piperidine rings is 1. The molecule has 0 bridgehead atoms. The zero-order valence-electron chi connectivity index (χ0n) is 16.8. The number of carbonyl (C=O) groups excluding carboxylic acids is 2. The molecule has 1 aliphatic heterocycles. The predicted molar refractivity (Wildman–Crippen MR) is 111 cm³/mol. The number of quaternary nitrogens is 1. The van der Waals surface area contributed by atoms with E-state index >= 15 is 0 Å². The summed E-state index contributed by atoms with van der Waals surface area (Å²) in [5.41, 5.74) is 4.20. The summed E-state index contributed by atoms with van der Waals surface area (Å²) in [5.74, 6) is 0.126. The van der Waals surface area contributed by atoms with Gasteiger partial charge in [-0.15, -0.1) is 0 Å². The lowest BCUT2D eigenvalue weighted by Gasteiger charge is -2.29. The maximum Gasteiger partial charge on any atom is 0.279 e. The molecule has 1 heterocycles. The summed E-state index contributed by atoms with van der Waals surface area (Å²) in [6.45, 7) is 6.33. The summed E-state index contributed by atoms with van der Waals surface area (Å²) < 4.78 is 0. The van der Waals surface area contributed by atoms with Gasteiger partial charge < -0.3 is 15.5 Å². The van der Waals surface area contributed by atoms with Crippen molar-refractivity contribution in [1.82, 2.24) is 5.32 Å². The second-order valence-electron chi connectivity index (χ2n) is 7.80. The second-order valence-corrected chi connectivity index (χ2v) is 7.80. The van der Waals surface area contributed by atoms with Crippen LogP contribution in [0.1, 0.15) is 29.5 Å². The number of amides is 2. The fraction of sp³-hybridized carbons (Fsp3) is 0.391. The van der Waals surface area contributed by atoms with Crippen molar-refractivity contribution in [3.8, 4) is 0 Å². The van der Waals surface area contributed by atoms with Crippen LogP contribution in [-0.2, 0) is 16.0 Å². The third-order valence-electron chi connectivity index (χ3n) is 5.33. The molecular weight excluding hydrogens is 350 g/mol. The van der Waals surface area contributed by atoms with Gasteiger partial charge in [0.05, 0.1) is 19.5 Å². The van der Waals surface area contributed by atoms with Crippen molar-refractivity contribution in [1.29, 1.82) is 0 Å². The lowest BCUT2D eigenvalue weighted by atomic mass is 10.0. The molecule has 3 N–H and O–H groups in total. The van der Waals surface area contributed by atoms with E-state index in [1.165, 1.54) is 10.5 Å². The number of anilines is 1. The van der Waals surface area contributed by atoms with Gasteiger partial charge in [-0.1, -0.05) is 48.0 Å². The quantitative estimate of drug-likeness (QED) is 0.714. The van der Waals surface area contributed by atoms with Gasteiger partial charge in [0.15, 0.2) is 6.54 Å². The zero-order chi connectivity index (χ0) is 19.9.